The van der Waals surface area contributed by atoms with Gasteiger partial charge in [-0.2, -0.15) is 0 Å². The van der Waals surface area contributed by atoms with E-state index in [1.165, 1.54) is 24.3 Å². The van der Waals surface area contributed by atoms with Crippen LogP contribution in [0.15, 0.2) is 48.5 Å². The fraction of sp³-hybridized carbons (Fsp3) is 0.263. The minimum absolute atomic E-state index is 0.0629. The van der Waals surface area contributed by atoms with Crippen LogP contribution >= 0.6 is 11.6 Å². The quantitative estimate of drug-likeness (QED) is 0.768. The fourth-order valence-electron chi connectivity index (χ4n) is 2.42. The lowest BCUT2D eigenvalue weighted by Crippen LogP contribution is -3.11. The molecule has 0 spiro atoms. The molecule has 2 rings (SSSR count). The van der Waals surface area contributed by atoms with Gasteiger partial charge in [0.2, 0.25) is 0 Å². The van der Waals surface area contributed by atoms with Crippen molar-refractivity contribution in [1.82, 2.24) is 4.90 Å². The number of rotatable bonds is 7. The highest BCUT2D eigenvalue weighted by atomic mass is 35.5. The Morgan fingerprint density at radius 2 is 1.69 bits per heavy atom. The highest BCUT2D eigenvalue weighted by molar-refractivity contribution is 6.30. The van der Waals surface area contributed by atoms with Gasteiger partial charge in [0.1, 0.15) is 5.82 Å². The van der Waals surface area contributed by atoms with E-state index in [-0.39, 0.29) is 30.7 Å². The lowest BCUT2D eigenvalue weighted by atomic mass is 10.2. The van der Waals surface area contributed by atoms with Crippen molar-refractivity contribution in [3.05, 3.63) is 64.9 Å². The van der Waals surface area contributed by atoms with Crippen molar-refractivity contribution in [3.8, 4) is 0 Å². The molecule has 1 atom stereocenters. The highest BCUT2D eigenvalue weighted by Gasteiger charge is 2.17. The molecule has 0 aliphatic heterocycles. The number of amides is 2. The van der Waals surface area contributed by atoms with Gasteiger partial charge in [0.05, 0.1) is 7.05 Å². The third kappa shape index (κ3) is 6.46. The second-order valence-corrected chi connectivity index (χ2v) is 6.68. The Balaban J connectivity index is 1.79. The average molecular weight is 379 g/mol. The molecule has 0 saturated heterocycles. The minimum Gasteiger partial charge on any atom is -0.337 e. The van der Waals surface area contributed by atoms with Gasteiger partial charge in [0.15, 0.2) is 13.1 Å². The first kappa shape index (κ1) is 19.9. The molecule has 138 valence electrons. The molecule has 7 heteroatoms. The van der Waals surface area contributed by atoms with E-state index in [1.54, 1.807) is 31.1 Å². The lowest BCUT2D eigenvalue weighted by molar-refractivity contribution is -0.862. The van der Waals surface area contributed by atoms with Crippen LogP contribution < -0.4 is 10.2 Å². The van der Waals surface area contributed by atoms with Gasteiger partial charge < -0.3 is 15.1 Å². The molecule has 2 aromatic rings. The monoisotopic (exact) mass is 378 g/mol. The molecule has 0 aromatic heterocycles. The van der Waals surface area contributed by atoms with E-state index in [9.17, 15) is 14.0 Å². The van der Waals surface area contributed by atoms with Crippen molar-refractivity contribution < 1.29 is 18.9 Å². The van der Waals surface area contributed by atoms with Gasteiger partial charge in [-0.05, 0) is 42.0 Å². The Morgan fingerprint density at radius 1 is 1.08 bits per heavy atom. The molecule has 0 heterocycles. The zero-order valence-electron chi connectivity index (χ0n) is 14.8. The first-order valence-electron chi connectivity index (χ1n) is 8.18. The summed E-state index contributed by atoms with van der Waals surface area (Å²) in [5.41, 5.74) is 1.51. The van der Waals surface area contributed by atoms with Crippen molar-refractivity contribution in [3.63, 3.8) is 0 Å². The molecule has 2 aromatic carbocycles. The third-order valence-corrected chi connectivity index (χ3v) is 4.05. The lowest BCUT2D eigenvalue weighted by Gasteiger charge is -2.20. The van der Waals surface area contributed by atoms with Crippen LogP contribution in [0.4, 0.5) is 10.1 Å². The predicted octanol–water partition coefficient (Wildman–Crippen LogP) is 1.59. The van der Waals surface area contributed by atoms with Crippen LogP contribution in [0.5, 0.6) is 0 Å². The molecule has 5 nitrogen and oxygen atoms in total. The molecule has 0 aliphatic rings. The Bertz CT molecular complexity index is 750. The van der Waals surface area contributed by atoms with Gasteiger partial charge in [-0.25, -0.2) is 4.39 Å². The van der Waals surface area contributed by atoms with E-state index in [1.807, 2.05) is 12.1 Å². The molecule has 1 unspecified atom stereocenters. The standard InChI is InChI=1S/C19H21ClFN3O2/c1-23(12-18(25)22-17-9-7-16(21)8-10-17)13-19(26)24(2)11-14-3-5-15(20)6-4-14/h3-10H,11-13H2,1-2H3,(H,22,25)/p+1. The van der Waals surface area contributed by atoms with Crippen LogP contribution in [0.2, 0.25) is 5.02 Å². The number of halogens is 2. The van der Waals surface area contributed by atoms with E-state index in [0.29, 0.717) is 17.3 Å². The molecule has 0 fully saturated rings. The smallest absolute Gasteiger partial charge is 0.279 e. The van der Waals surface area contributed by atoms with E-state index in [0.717, 1.165) is 10.5 Å². The van der Waals surface area contributed by atoms with Crippen molar-refractivity contribution in [2.45, 2.75) is 6.54 Å². The second kappa shape index (κ2) is 9.31. The maximum absolute atomic E-state index is 12.9. The molecule has 2 amide bonds. The van der Waals surface area contributed by atoms with Crippen LogP contribution in [-0.2, 0) is 16.1 Å². The molecular weight excluding hydrogens is 357 g/mol. The Kier molecular flexibility index (Phi) is 7.12. The Labute approximate surface area is 157 Å². The van der Waals surface area contributed by atoms with E-state index < -0.39 is 0 Å². The summed E-state index contributed by atoms with van der Waals surface area (Å²) >= 11 is 5.85. The van der Waals surface area contributed by atoms with Gasteiger partial charge in [0, 0.05) is 24.3 Å². The highest BCUT2D eigenvalue weighted by Crippen LogP contribution is 2.11. The zero-order valence-corrected chi connectivity index (χ0v) is 15.5. The molecule has 0 bridgehead atoms. The van der Waals surface area contributed by atoms with Crippen LogP contribution in [0.1, 0.15) is 5.56 Å². The van der Waals surface area contributed by atoms with Crippen LogP contribution in [0.3, 0.4) is 0 Å². The first-order chi connectivity index (χ1) is 12.3. The van der Waals surface area contributed by atoms with E-state index in [4.69, 9.17) is 11.6 Å². The van der Waals surface area contributed by atoms with Gasteiger partial charge in [-0.3, -0.25) is 9.59 Å². The van der Waals surface area contributed by atoms with Crippen molar-refractivity contribution in [2.24, 2.45) is 0 Å². The SMILES string of the molecule is CN(Cc1ccc(Cl)cc1)C(=O)C[NH+](C)CC(=O)Nc1ccc(F)cc1. The minimum atomic E-state index is -0.361. The number of carbonyl (C=O) groups excluding carboxylic acids is 2. The topological polar surface area (TPSA) is 53.9 Å². The number of likely N-dealkylation sites (N-methyl/N-ethyl adjacent to an activating group) is 2. The molecular formula is C19H22ClFN3O2+. The maximum atomic E-state index is 12.9. The average Bonchev–Trinajstić information content (AvgIpc) is 2.58. The Hall–Kier alpha value is -2.44. The van der Waals surface area contributed by atoms with E-state index in [2.05, 4.69) is 5.32 Å². The van der Waals surface area contributed by atoms with E-state index >= 15 is 0 Å². The number of nitrogens with zero attached hydrogens (tertiary/aromatic N) is 1. The number of benzene rings is 2. The first-order valence-corrected chi connectivity index (χ1v) is 8.56. The van der Waals surface area contributed by atoms with Crippen molar-refractivity contribution in [2.75, 3.05) is 32.5 Å². The largest absolute Gasteiger partial charge is 0.337 e. The molecule has 26 heavy (non-hydrogen) atoms. The second-order valence-electron chi connectivity index (χ2n) is 6.24. The summed E-state index contributed by atoms with van der Waals surface area (Å²) in [6, 6.07) is 12.9. The number of hydrogen-bond acceptors (Lipinski definition) is 2. The predicted molar refractivity (Wildman–Crippen MR) is 99.6 cm³/mol. The number of hydrogen-bond donors (Lipinski definition) is 2. The van der Waals surface area contributed by atoms with Crippen molar-refractivity contribution in [1.29, 1.82) is 0 Å². The normalized spacial score (nSPS) is 11.7. The third-order valence-electron chi connectivity index (χ3n) is 3.80. The van der Waals surface area contributed by atoms with Gasteiger partial charge in [-0.15, -0.1) is 0 Å². The molecule has 0 radical (unpaired) electrons. The fourth-order valence-corrected chi connectivity index (χ4v) is 2.55. The van der Waals surface area contributed by atoms with Crippen LogP contribution in [-0.4, -0.2) is 43.9 Å². The summed E-state index contributed by atoms with van der Waals surface area (Å²) < 4.78 is 12.9. The number of quaternary nitrogens is 1. The summed E-state index contributed by atoms with van der Waals surface area (Å²) in [6.07, 6.45) is 0. The maximum Gasteiger partial charge on any atom is 0.279 e. The number of anilines is 1. The van der Waals surface area contributed by atoms with Gasteiger partial charge in [0.25, 0.3) is 11.8 Å². The van der Waals surface area contributed by atoms with Gasteiger partial charge in [-0.1, -0.05) is 23.7 Å². The molecule has 0 aliphatic carbocycles. The number of carbonyl (C=O) groups is 2. The molecule has 0 saturated carbocycles. The summed E-state index contributed by atoms with van der Waals surface area (Å²) in [5.74, 6) is -0.658. The van der Waals surface area contributed by atoms with Crippen molar-refractivity contribution >= 4 is 29.1 Å². The zero-order chi connectivity index (χ0) is 19.1. The number of nitrogens with one attached hydrogen (secondary N) is 2. The Morgan fingerprint density at radius 3 is 2.31 bits per heavy atom. The van der Waals surface area contributed by atoms with Gasteiger partial charge >= 0.3 is 0 Å². The summed E-state index contributed by atoms with van der Waals surface area (Å²) in [4.78, 5) is 26.7. The summed E-state index contributed by atoms with van der Waals surface area (Å²) in [5, 5.41) is 3.34. The summed E-state index contributed by atoms with van der Waals surface area (Å²) in [7, 11) is 3.50. The molecule has 2 N–H and O–H groups in total. The summed E-state index contributed by atoms with van der Waals surface area (Å²) in [6.45, 7) is 0.809. The van der Waals surface area contributed by atoms with Crippen LogP contribution in [0.25, 0.3) is 0 Å². The van der Waals surface area contributed by atoms with Crippen LogP contribution in [0, 0.1) is 5.82 Å².